The van der Waals surface area contributed by atoms with Crippen molar-refractivity contribution in [3.05, 3.63) is 24.0 Å². The smallest absolute Gasteiger partial charge is 0.249 e. The average molecular weight is 164 g/mol. The fraction of sp³-hybridized carbons (Fsp3) is 0.250. The van der Waals surface area contributed by atoms with Crippen LogP contribution in [0.4, 0.5) is 0 Å². The lowest BCUT2D eigenvalue weighted by atomic mass is 10.0. The Balaban J connectivity index is 2.25. The first-order chi connectivity index (χ1) is 5.77. The Morgan fingerprint density at radius 2 is 2.50 bits per heavy atom. The monoisotopic (exact) mass is 164 g/mol. The number of hydrogen-bond donors (Lipinski definition) is 1. The third-order valence-electron chi connectivity index (χ3n) is 1.87. The van der Waals surface area contributed by atoms with Crippen molar-refractivity contribution in [2.45, 2.75) is 6.23 Å². The van der Waals surface area contributed by atoms with Gasteiger partial charge in [-0.05, 0) is 6.08 Å². The van der Waals surface area contributed by atoms with Gasteiger partial charge >= 0.3 is 0 Å². The SMILES string of the molecule is NC(=O)C1=CC2C=COC2N=C1. The summed E-state index contributed by atoms with van der Waals surface area (Å²) in [4.78, 5) is 14.8. The van der Waals surface area contributed by atoms with Crippen LogP contribution in [0.15, 0.2) is 29.0 Å². The second-order valence-corrected chi connectivity index (χ2v) is 2.70. The van der Waals surface area contributed by atoms with Crippen molar-refractivity contribution in [3.8, 4) is 0 Å². The van der Waals surface area contributed by atoms with Crippen molar-refractivity contribution >= 4 is 12.1 Å². The lowest BCUT2D eigenvalue weighted by Gasteiger charge is -2.15. The van der Waals surface area contributed by atoms with Crippen molar-refractivity contribution in [2.24, 2.45) is 16.6 Å². The highest BCUT2D eigenvalue weighted by atomic mass is 16.5. The van der Waals surface area contributed by atoms with Gasteiger partial charge in [0.2, 0.25) is 5.91 Å². The molecular weight excluding hydrogens is 156 g/mol. The predicted octanol–water partition coefficient (Wildman–Crippen LogP) is -0.0313. The van der Waals surface area contributed by atoms with Gasteiger partial charge in [0.15, 0.2) is 6.23 Å². The molecule has 0 saturated heterocycles. The Bertz CT molecular complexity index is 304. The number of rotatable bonds is 1. The number of nitrogens with two attached hydrogens (primary N) is 1. The molecule has 0 aromatic heterocycles. The minimum absolute atomic E-state index is 0.0671. The highest BCUT2D eigenvalue weighted by molar-refractivity contribution is 6.11. The summed E-state index contributed by atoms with van der Waals surface area (Å²) in [6.45, 7) is 0. The quantitative estimate of drug-likeness (QED) is 0.591. The molecule has 2 atom stereocenters. The Kier molecular flexibility index (Phi) is 1.46. The van der Waals surface area contributed by atoms with E-state index in [9.17, 15) is 4.79 Å². The minimum Gasteiger partial charge on any atom is -0.476 e. The molecule has 0 aromatic carbocycles. The molecule has 2 aliphatic rings. The fourth-order valence-electron chi connectivity index (χ4n) is 1.22. The van der Waals surface area contributed by atoms with E-state index >= 15 is 0 Å². The van der Waals surface area contributed by atoms with E-state index in [1.165, 1.54) is 6.21 Å². The van der Waals surface area contributed by atoms with E-state index < -0.39 is 5.91 Å². The summed E-state index contributed by atoms with van der Waals surface area (Å²) in [5, 5.41) is 0. The van der Waals surface area contributed by atoms with Crippen LogP contribution in [0.2, 0.25) is 0 Å². The van der Waals surface area contributed by atoms with Crippen LogP contribution >= 0.6 is 0 Å². The maximum Gasteiger partial charge on any atom is 0.249 e. The zero-order chi connectivity index (χ0) is 8.55. The van der Waals surface area contributed by atoms with Crippen molar-refractivity contribution in [1.29, 1.82) is 0 Å². The van der Waals surface area contributed by atoms with Crippen molar-refractivity contribution in [2.75, 3.05) is 0 Å². The van der Waals surface area contributed by atoms with Crippen LogP contribution < -0.4 is 5.73 Å². The lowest BCUT2D eigenvalue weighted by Crippen LogP contribution is -2.23. The van der Waals surface area contributed by atoms with E-state index in [-0.39, 0.29) is 12.1 Å². The van der Waals surface area contributed by atoms with Crippen LogP contribution in [0, 0.1) is 5.92 Å². The molecule has 4 heteroatoms. The van der Waals surface area contributed by atoms with Crippen LogP contribution in [0.1, 0.15) is 0 Å². The van der Waals surface area contributed by atoms with E-state index in [1.54, 1.807) is 12.3 Å². The first-order valence-corrected chi connectivity index (χ1v) is 3.64. The van der Waals surface area contributed by atoms with Gasteiger partial charge in [-0.25, -0.2) is 4.99 Å². The van der Waals surface area contributed by atoms with Gasteiger partial charge in [0.05, 0.1) is 17.8 Å². The summed E-state index contributed by atoms with van der Waals surface area (Å²) in [6, 6.07) is 0. The van der Waals surface area contributed by atoms with Gasteiger partial charge < -0.3 is 10.5 Å². The van der Waals surface area contributed by atoms with E-state index in [4.69, 9.17) is 10.5 Å². The first-order valence-electron chi connectivity index (χ1n) is 3.64. The summed E-state index contributed by atoms with van der Waals surface area (Å²) < 4.78 is 5.11. The number of aliphatic imine (C=N–C) groups is 1. The van der Waals surface area contributed by atoms with E-state index in [0.29, 0.717) is 5.57 Å². The molecule has 4 nitrogen and oxygen atoms in total. The largest absolute Gasteiger partial charge is 0.476 e. The summed E-state index contributed by atoms with van der Waals surface area (Å²) in [7, 11) is 0. The molecule has 62 valence electrons. The Labute approximate surface area is 69.4 Å². The van der Waals surface area contributed by atoms with Crippen molar-refractivity contribution in [1.82, 2.24) is 0 Å². The number of carbonyl (C=O) groups excluding carboxylic acids is 1. The van der Waals surface area contributed by atoms with Crippen LogP contribution in [0.25, 0.3) is 0 Å². The number of dihydropyridines is 1. The topological polar surface area (TPSA) is 64.7 Å². The van der Waals surface area contributed by atoms with Crippen molar-refractivity contribution < 1.29 is 9.53 Å². The summed E-state index contributed by atoms with van der Waals surface area (Å²) in [5.41, 5.74) is 5.54. The van der Waals surface area contributed by atoms with E-state index in [2.05, 4.69) is 4.99 Å². The number of ether oxygens (including phenoxy) is 1. The van der Waals surface area contributed by atoms with Crippen LogP contribution in [-0.4, -0.2) is 18.3 Å². The zero-order valence-corrected chi connectivity index (χ0v) is 6.31. The molecule has 0 aromatic rings. The second kappa shape index (κ2) is 2.48. The van der Waals surface area contributed by atoms with Gasteiger partial charge in [0.25, 0.3) is 0 Å². The third-order valence-corrected chi connectivity index (χ3v) is 1.87. The van der Waals surface area contributed by atoms with Gasteiger partial charge in [-0.15, -0.1) is 0 Å². The average Bonchev–Trinajstić information content (AvgIpc) is 2.49. The highest BCUT2D eigenvalue weighted by Crippen LogP contribution is 2.23. The molecule has 0 radical (unpaired) electrons. The van der Waals surface area contributed by atoms with Crippen LogP contribution in [0.3, 0.4) is 0 Å². The Morgan fingerprint density at radius 1 is 1.67 bits per heavy atom. The van der Waals surface area contributed by atoms with Crippen LogP contribution in [-0.2, 0) is 9.53 Å². The van der Waals surface area contributed by atoms with E-state index in [1.807, 2.05) is 6.08 Å². The standard InChI is InChI=1S/C8H8N2O2/c9-7(11)6-3-5-1-2-12-8(5)10-4-6/h1-5,8H,(H2,9,11). The molecule has 1 amide bonds. The molecule has 2 unspecified atom stereocenters. The molecule has 0 bridgehead atoms. The number of amides is 1. The number of primary amides is 1. The first kappa shape index (κ1) is 7.09. The molecular formula is C8H8N2O2. The summed E-state index contributed by atoms with van der Waals surface area (Å²) in [5.74, 6) is -0.380. The predicted molar refractivity (Wildman–Crippen MR) is 43.3 cm³/mol. The third kappa shape index (κ3) is 1.01. The molecule has 0 aliphatic carbocycles. The zero-order valence-electron chi connectivity index (χ0n) is 6.31. The van der Waals surface area contributed by atoms with Crippen molar-refractivity contribution in [3.63, 3.8) is 0 Å². The van der Waals surface area contributed by atoms with Gasteiger partial charge in [-0.2, -0.15) is 0 Å². The number of carbonyl (C=O) groups is 1. The number of nitrogens with zero attached hydrogens (tertiary/aromatic N) is 1. The number of hydrogen-bond acceptors (Lipinski definition) is 3. The molecule has 0 spiro atoms. The number of fused-ring (bicyclic) bond motifs is 1. The molecule has 12 heavy (non-hydrogen) atoms. The molecule has 2 heterocycles. The lowest BCUT2D eigenvalue weighted by molar-refractivity contribution is -0.114. The maximum absolute atomic E-state index is 10.7. The maximum atomic E-state index is 10.7. The van der Waals surface area contributed by atoms with Gasteiger partial charge in [0.1, 0.15) is 0 Å². The molecule has 2 N–H and O–H groups in total. The van der Waals surface area contributed by atoms with E-state index in [0.717, 1.165) is 0 Å². The fourth-order valence-corrected chi connectivity index (χ4v) is 1.22. The second-order valence-electron chi connectivity index (χ2n) is 2.70. The van der Waals surface area contributed by atoms with Gasteiger partial charge in [-0.3, -0.25) is 4.79 Å². The highest BCUT2D eigenvalue weighted by Gasteiger charge is 2.25. The Hall–Kier alpha value is -1.58. The van der Waals surface area contributed by atoms with Crippen LogP contribution in [0.5, 0.6) is 0 Å². The molecule has 2 rings (SSSR count). The molecule has 0 saturated carbocycles. The molecule has 0 fully saturated rings. The van der Waals surface area contributed by atoms with Gasteiger partial charge in [0, 0.05) is 6.21 Å². The summed E-state index contributed by atoms with van der Waals surface area (Å²) >= 11 is 0. The normalized spacial score (nSPS) is 30.8. The van der Waals surface area contributed by atoms with Gasteiger partial charge in [-0.1, -0.05) is 6.08 Å². The summed E-state index contributed by atoms with van der Waals surface area (Å²) in [6.07, 6.45) is 6.48. The molecule has 2 aliphatic heterocycles. The Morgan fingerprint density at radius 3 is 3.25 bits per heavy atom. The minimum atomic E-state index is -0.447.